The maximum Gasteiger partial charge on any atom is 0.119 e. The van der Waals surface area contributed by atoms with Gasteiger partial charge in [0.1, 0.15) is 5.75 Å². The van der Waals surface area contributed by atoms with E-state index in [4.69, 9.17) is 9.47 Å². The molecule has 0 aromatic heterocycles. The molecule has 0 atom stereocenters. The quantitative estimate of drug-likeness (QED) is 0.835. The second-order valence-corrected chi connectivity index (χ2v) is 6.21. The van der Waals surface area contributed by atoms with Gasteiger partial charge in [0.25, 0.3) is 0 Å². The van der Waals surface area contributed by atoms with Crippen molar-refractivity contribution in [1.82, 2.24) is 10.2 Å². The number of nitrogens with one attached hydrogen (secondary N) is 1. The molecule has 0 bridgehead atoms. The van der Waals surface area contributed by atoms with Crippen molar-refractivity contribution in [2.75, 3.05) is 47.5 Å². The van der Waals surface area contributed by atoms with Crippen molar-refractivity contribution < 1.29 is 9.47 Å². The van der Waals surface area contributed by atoms with Crippen LogP contribution in [0.3, 0.4) is 0 Å². The smallest absolute Gasteiger partial charge is 0.119 e. The van der Waals surface area contributed by atoms with Crippen LogP contribution in [0.2, 0.25) is 0 Å². The highest BCUT2D eigenvalue weighted by Gasteiger charge is 2.33. The summed E-state index contributed by atoms with van der Waals surface area (Å²) in [5.74, 6) is 0.925. The van der Waals surface area contributed by atoms with E-state index in [9.17, 15) is 0 Å². The molecule has 4 heteroatoms. The van der Waals surface area contributed by atoms with E-state index in [2.05, 4.69) is 35.5 Å². The first-order valence-corrected chi connectivity index (χ1v) is 7.69. The van der Waals surface area contributed by atoms with E-state index in [1.54, 1.807) is 7.11 Å². The summed E-state index contributed by atoms with van der Waals surface area (Å²) in [6.45, 7) is 5.04. The van der Waals surface area contributed by atoms with Gasteiger partial charge in [-0.25, -0.2) is 0 Å². The van der Waals surface area contributed by atoms with Gasteiger partial charge in [-0.15, -0.1) is 0 Å². The van der Waals surface area contributed by atoms with Crippen molar-refractivity contribution in [2.45, 2.75) is 19.4 Å². The van der Waals surface area contributed by atoms with Crippen LogP contribution in [0.15, 0.2) is 24.3 Å². The lowest BCUT2D eigenvalue weighted by atomic mass is 9.79. The lowest BCUT2D eigenvalue weighted by Gasteiger charge is -2.40. The van der Waals surface area contributed by atoms with Crippen molar-refractivity contribution in [3.63, 3.8) is 0 Å². The normalized spacial score (nSPS) is 17.9. The number of methoxy groups -OCH3 is 2. The van der Waals surface area contributed by atoms with Crippen LogP contribution in [0.1, 0.15) is 18.4 Å². The van der Waals surface area contributed by atoms with Crippen LogP contribution < -0.4 is 10.1 Å². The van der Waals surface area contributed by atoms with E-state index in [-0.39, 0.29) is 5.41 Å². The van der Waals surface area contributed by atoms with E-state index in [0.29, 0.717) is 0 Å². The minimum Gasteiger partial charge on any atom is -0.497 e. The Kier molecular flexibility index (Phi) is 6.03. The number of nitrogens with zero attached hydrogens (tertiary/aromatic N) is 1. The Morgan fingerprint density at radius 3 is 2.67 bits per heavy atom. The standard InChI is InChI=1S/C17H28N2O2/c1-19(12-15-5-4-6-16(11-15)21-3)13-17(14-20-2)7-9-18-10-8-17/h4-6,11,18H,7-10,12-14H2,1-3H3. The fourth-order valence-electron chi connectivity index (χ4n) is 3.32. The first-order valence-electron chi connectivity index (χ1n) is 7.69. The molecule has 0 spiro atoms. The zero-order valence-electron chi connectivity index (χ0n) is 13.5. The lowest BCUT2D eigenvalue weighted by molar-refractivity contribution is 0.0269. The third-order valence-electron chi connectivity index (χ3n) is 4.31. The minimum absolute atomic E-state index is 0.285. The summed E-state index contributed by atoms with van der Waals surface area (Å²) in [5, 5.41) is 3.45. The molecule has 1 saturated heterocycles. The molecule has 0 aliphatic carbocycles. The Balaban J connectivity index is 1.96. The van der Waals surface area contributed by atoms with Crippen LogP contribution in [0.4, 0.5) is 0 Å². The van der Waals surface area contributed by atoms with Crippen molar-refractivity contribution in [3.05, 3.63) is 29.8 Å². The molecule has 1 aromatic rings. The second-order valence-electron chi connectivity index (χ2n) is 6.21. The summed E-state index contributed by atoms with van der Waals surface area (Å²) in [4.78, 5) is 2.40. The van der Waals surface area contributed by atoms with Crippen molar-refractivity contribution in [3.8, 4) is 5.75 Å². The summed E-state index contributed by atoms with van der Waals surface area (Å²) in [6.07, 6.45) is 2.37. The fraction of sp³-hybridized carbons (Fsp3) is 0.647. The van der Waals surface area contributed by atoms with Gasteiger partial charge in [0.2, 0.25) is 0 Å². The Hall–Kier alpha value is -1.10. The number of benzene rings is 1. The Morgan fingerprint density at radius 1 is 1.24 bits per heavy atom. The molecule has 1 heterocycles. The van der Waals surface area contributed by atoms with Crippen molar-refractivity contribution in [1.29, 1.82) is 0 Å². The molecule has 4 nitrogen and oxygen atoms in total. The van der Waals surface area contributed by atoms with Gasteiger partial charge < -0.3 is 19.7 Å². The van der Waals surface area contributed by atoms with Gasteiger partial charge in [-0.1, -0.05) is 12.1 Å². The molecular formula is C17H28N2O2. The highest BCUT2D eigenvalue weighted by Crippen LogP contribution is 2.30. The SMILES string of the molecule is COCC1(CN(C)Cc2cccc(OC)c2)CCNCC1. The molecule has 1 aromatic carbocycles. The van der Waals surface area contributed by atoms with E-state index >= 15 is 0 Å². The predicted molar refractivity (Wildman–Crippen MR) is 85.7 cm³/mol. The summed E-state index contributed by atoms with van der Waals surface area (Å²) in [5.41, 5.74) is 1.58. The van der Waals surface area contributed by atoms with Gasteiger partial charge in [0.05, 0.1) is 13.7 Å². The number of hydrogen-bond donors (Lipinski definition) is 1. The van der Waals surface area contributed by atoms with Crippen molar-refractivity contribution >= 4 is 0 Å². The molecule has 0 radical (unpaired) electrons. The maximum atomic E-state index is 5.50. The minimum atomic E-state index is 0.285. The largest absolute Gasteiger partial charge is 0.497 e. The number of ether oxygens (including phenoxy) is 2. The predicted octanol–water partition coefficient (Wildman–Crippen LogP) is 2.14. The highest BCUT2D eigenvalue weighted by molar-refractivity contribution is 5.28. The monoisotopic (exact) mass is 292 g/mol. The van der Waals surface area contributed by atoms with Crippen LogP contribution in [0.5, 0.6) is 5.75 Å². The zero-order valence-corrected chi connectivity index (χ0v) is 13.5. The second kappa shape index (κ2) is 7.78. The molecular weight excluding hydrogens is 264 g/mol. The number of piperidine rings is 1. The highest BCUT2D eigenvalue weighted by atomic mass is 16.5. The lowest BCUT2D eigenvalue weighted by Crippen LogP contribution is -2.46. The van der Waals surface area contributed by atoms with Gasteiger partial charge in [0.15, 0.2) is 0 Å². The molecule has 118 valence electrons. The van der Waals surface area contributed by atoms with Crippen LogP contribution in [-0.4, -0.2) is 52.4 Å². The topological polar surface area (TPSA) is 33.7 Å². The molecule has 21 heavy (non-hydrogen) atoms. The average Bonchev–Trinajstić information content (AvgIpc) is 2.48. The van der Waals surface area contributed by atoms with E-state index in [0.717, 1.165) is 38.5 Å². The summed E-state index contributed by atoms with van der Waals surface area (Å²) in [6, 6.07) is 8.31. The molecule has 2 rings (SSSR count). The molecule has 1 aliphatic heterocycles. The molecule has 0 amide bonds. The Morgan fingerprint density at radius 2 is 2.00 bits per heavy atom. The van der Waals surface area contributed by atoms with Crippen LogP contribution in [0, 0.1) is 5.41 Å². The number of hydrogen-bond acceptors (Lipinski definition) is 4. The molecule has 1 aliphatic rings. The maximum absolute atomic E-state index is 5.50. The third kappa shape index (κ3) is 4.70. The van der Waals surface area contributed by atoms with E-state index in [1.165, 1.54) is 18.4 Å². The van der Waals surface area contributed by atoms with Crippen LogP contribution in [0.25, 0.3) is 0 Å². The number of rotatable bonds is 7. The first kappa shape index (κ1) is 16.3. The van der Waals surface area contributed by atoms with E-state index in [1.807, 2.05) is 13.2 Å². The third-order valence-corrected chi connectivity index (χ3v) is 4.31. The molecule has 1 fully saturated rings. The Labute approximate surface area is 128 Å². The summed E-state index contributed by atoms with van der Waals surface area (Å²) >= 11 is 0. The molecule has 0 unspecified atom stereocenters. The van der Waals surface area contributed by atoms with E-state index < -0.39 is 0 Å². The van der Waals surface area contributed by atoms with Gasteiger partial charge in [0, 0.05) is 25.6 Å². The summed E-state index contributed by atoms with van der Waals surface area (Å²) < 4.78 is 10.8. The van der Waals surface area contributed by atoms with Crippen LogP contribution in [-0.2, 0) is 11.3 Å². The fourth-order valence-corrected chi connectivity index (χ4v) is 3.32. The zero-order chi connectivity index (χ0) is 15.1. The van der Waals surface area contributed by atoms with Gasteiger partial charge in [-0.3, -0.25) is 0 Å². The first-order chi connectivity index (χ1) is 10.2. The summed E-state index contributed by atoms with van der Waals surface area (Å²) in [7, 11) is 5.72. The molecule has 1 N–H and O–H groups in total. The average molecular weight is 292 g/mol. The van der Waals surface area contributed by atoms with Crippen molar-refractivity contribution in [2.24, 2.45) is 5.41 Å². The van der Waals surface area contributed by atoms with Gasteiger partial charge in [-0.2, -0.15) is 0 Å². The van der Waals surface area contributed by atoms with Gasteiger partial charge in [-0.05, 0) is 50.7 Å². The molecule has 0 saturated carbocycles. The Bertz CT molecular complexity index is 425. The van der Waals surface area contributed by atoms with Gasteiger partial charge >= 0.3 is 0 Å². The van der Waals surface area contributed by atoms with Crippen LogP contribution >= 0.6 is 0 Å².